The van der Waals surface area contributed by atoms with Gasteiger partial charge < -0.3 is 9.64 Å². The van der Waals surface area contributed by atoms with Crippen molar-refractivity contribution in [1.82, 2.24) is 30.1 Å². The highest BCUT2D eigenvalue weighted by atomic mass is 19.4. The second-order valence-electron chi connectivity index (χ2n) is 7.41. The van der Waals surface area contributed by atoms with Gasteiger partial charge in [-0.3, -0.25) is 9.78 Å². The van der Waals surface area contributed by atoms with Crippen molar-refractivity contribution in [2.45, 2.75) is 31.7 Å². The van der Waals surface area contributed by atoms with E-state index in [1.807, 2.05) is 0 Å². The number of carbonyl (C=O) groups is 1. The molecule has 1 fully saturated rings. The van der Waals surface area contributed by atoms with E-state index in [1.54, 1.807) is 29.2 Å². The highest BCUT2D eigenvalue weighted by Gasteiger charge is 2.33. The summed E-state index contributed by atoms with van der Waals surface area (Å²) in [5, 5.41) is 10.8. The Labute approximate surface area is 182 Å². The molecule has 32 heavy (non-hydrogen) atoms. The summed E-state index contributed by atoms with van der Waals surface area (Å²) >= 11 is 0. The predicted octanol–water partition coefficient (Wildman–Crippen LogP) is 2.67. The Morgan fingerprint density at radius 2 is 2.00 bits per heavy atom. The van der Waals surface area contributed by atoms with E-state index in [1.165, 1.54) is 23.1 Å². The van der Waals surface area contributed by atoms with Crippen LogP contribution in [-0.4, -0.2) is 55.7 Å². The highest BCUT2D eigenvalue weighted by Crippen LogP contribution is 2.33. The number of benzene rings is 1. The summed E-state index contributed by atoms with van der Waals surface area (Å²) in [6.07, 6.45) is -3.13. The van der Waals surface area contributed by atoms with Crippen LogP contribution in [0.1, 0.15) is 35.0 Å². The molecule has 8 nitrogen and oxygen atoms in total. The number of hydrogen-bond donors (Lipinski definition) is 0. The minimum Gasteiger partial charge on any atom is -0.368 e. The van der Waals surface area contributed by atoms with Crippen LogP contribution in [0.15, 0.2) is 48.8 Å². The van der Waals surface area contributed by atoms with Crippen molar-refractivity contribution in [3.8, 4) is 0 Å². The smallest absolute Gasteiger partial charge is 0.368 e. The first-order valence-electron chi connectivity index (χ1n) is 10.1. The summed E-state index contributed by atoms with van der Waals surface area (Å²) in [6, 6.07) is 10.7. The second kappa shape index (κ2) is 9.43. The normalized spacial score (nSPS) is 16.8. The molecule has 1 saturated heterocycles. The molecule has 1 aliphatic rings. The van der Waals surface area contributed by atoms with Gasteiger partial charge >= 0.3 is 6.18 Å². The third-order valence-electron chi connectivity index (χ3n) is 5.22. The van der Waals surface area contributed by atoms with Crippen LogP contribution in [0.4, 0.5) is 13.2 Å². The number of rotatable bonds is 6. The monoisotopic (exact) mass is 446 g/mol. The lowest BCUT2D eigenvalue weighted by atomic mass is 10.0. The molecule has 1 aromatic carbocycles. The molecule has 3 aromatic rings. The van der Waals surface area contributed by atoms with Crippen molar-refractivity contribution in [3.63, 3.8) is 0 Å². The molecule has 4 rings (SSSR count). The van der Waals surface area contributed by atoms with E-state index < -0.39 is 17.8 Å². The van der Waals surface area contributed by atoms with Crippen LogP contribution in [-0.2, 0) is 28.7 Å². The molecular weight excluding hydrogens is 425 g/mol. The van der Waals surface area contributed by atoms with E-state index >= 15 is 0 Å². The van der Waals surface area contributed by atoms with Gasteiger partial charge in [0.25, 0.3) is 0 Å². The SMILES string of the molecule is O=C(CCn1cnnn1)N1CCO[C@@H](c2cccc(Cc3ccccc3C(F)(F)F)n2)C1. The number of carbonyl (C=O) groups excluding carboxylic acids is 1. The maximum Gasteiger partial charge on any atom is 0.416 e. The summed E-state index contributed by atoms with van der Waals surface area (Å²) in [5.41, 5.74) is 0.587. The van der Waals surface area contributed by atoms with Crippen LogP contribution in [0, 0.1) is 0 Å². The van der Waals surface area contributed by atoms with Crippen LogP contribution < -0.4 is 0 Å². The molecule has 1 aliphatic heterocycles. The standard InChI is InChI=1S/C21H21F3N6O2/c22-21(23,24)17-6-2-1-4-15(17)12-16-5-3-7-18(26-16)19-13-29(10-11-32-19)20(31)8-9-30-14-25-27-28-30/h1-7,14,19H,8-13H2/t19-/m1/s1. The van der Waals surface area contributed by atoms with Crippen molar-refractivity contribution in [2.24, 2.45) is 0 Å². The molecule has 11 heteroatoms. The van der Waals surface area contributed by atoms with Crippen LogP contribution in [0.3, 0.4) is 0 Å². The molecule has 1 amide bonds. The fourth-order valence-electron chi connectivity index (χ4n) is 3.63. The van der Waals surface area contributed by atoms with E-state index in [4.69, 9.17) is 4.74 Å². The molecule has 0 saturated carbocycles. The fraction of sp³-hybridized carbons (Fsp3) is 0.381. The Morgan fingerprint density at radius 1 is 1.16 bits per heavy atom. The number of pyridine rings is 1. The van der Waals surface area contributed by atoms with Crippen molar-refractivity contribution in [2.75, 3.05) is 19.7 Å². The number of aromatic nitrogens is 5. The minimum absolute atomic E-state index is 0.0465. The van der Waals surface area contributed by atoms with Gasteiger partial charge in [0.05, 0.1) is 31.0 Å². The van der Waals surface area contributed by atoms with Crippen molar-refractivity contribution in [3.05, 3.63) is 71.3 Å². The topological polar surface area (TPSA) is 86.0 Å². The summed E-state index contributed by atoms with van der Waals surface area (Å²) in [7, 11) is 0. The lowest BCUT2D eigenvalue weighted by Crippen LogP contribution is -2.42. The maximum atomic E-state index is 13.3. The zero-order valence-corrected chi connectivity index (χ0v) is 17.1. The van der Waals surface area contributed by atoms with E-state index in [2.05, 4.69) is 20.5 Å². The molecule has 1 atom stereocenters. The van der Waals surface area contributed by atoms with Crippen molar-refractivity contribution in [1.29, 1.82) is 0 Å². The number of aryl methyl sites for hydroxylation is 1. The summed E-state index contributed by atoms with van der Waals surface area (Å²) in [4.78, 5) is 18.8. The van der Waals surface area contributed by atoms with Crippen LogP contribution >= 0.6 is 0 Å². The van der Waals surface area contributed by atoms with E-state index in [-0.39, 0.29) is 24.3 Å². The maximum absolute atomic E-state index is 13.3. The molecule has 0 spiro atoms. The number of hydrogen-bond acceptors (Lipinski definition) is 6. The predicted molar refractivity (Wildman–Crippen MR) is 106 cm³/mol. The van der Waals surface area contributed by atoms with Gasteiger partial charge in [-0.2, -0.15) is 13.2 Å². The van der Waals surface area contributed by atoms with E-state index in [9.17, 15) is 18.0 Å². The number of alkyl halides is 3. The quantitative estimate of drug-likeness (QED) is 0.579. The Balaban J connectivity index is 1.43. The average molecular weight is 446 g/mol. The third kappa shape index (κ3) is 5.28. The summed E-state index contributed by atoms with van der Waals surface area (Å²) < 4.78 is 47.2. The number of ether oxygens (including phenoxy) is 1. The molecule has 2 aromatic heterocycles. The molecule has 0 radical (unpaired) electrons. The first-order valence-corrected chi connectivity index (χ1v) is 10.1. The Hall–Kier alpha value is -3.34. The lowest BCUT2D eigenvalue weighted by Gasteiger charge is -2.33. The number of tetrazole rings is 1. The van der Waals surface area contributed by atoms with Crippen molar-refractivity contribution >= 4 is 5.91 Å². The van der Waals surface area contributed by atoms with Gasteiger partial charge in [0, 0.05) is 25.1 Å². The molecule has 0 unspecified atom stereocenters. The molecule has 168 valence electrons. The van der Waals surface area contributed by atoms with Crippen LogP contribution in [0.2, 0.25) is 0 Å². The zero-order chi connectivity index (χ0) is 22.6. The van der Waals surface area contributed by atoms with Gasteiger partial charge in [-0.05, 0) is 34.2 Å². The number of halogens is 3. The van der Waals surface area contributed by atoms with Gasteiger partial charge in [0.15, 0.2) is 0 Å². The summed E-state index contributed by atoms with van der Waals surface area (Å²) in [6.45, 7) is 1.51. The Morgan fingerprint density at radius 3 is 2.78 bits per heavy atom. The number of nitrogens with zero attached hydrogens (tertiary/aromatic N) is 6. The molecule has 0 bridgehead atoms. The third-order valence-corrected chi connectivity index (χ3v) is 5.22. The number of amides is 1. The van der Waals surface area contributed by atoms with Gasteiger partial charge in [-0.25, -0.2) is 4.68 Å². The summed E-state index contributed by atoms with van der Waals surface area (Å²) in [5.74, 6) is -0.0518. The first kappa shape index (κ1) is 21.9. The second-order valence-corrected chi connectivity index (χ2v) is 7.41. The Kier molecular flexibility index (Phi) is 6.45. The lowest BCUT2D eigenvalue weighted by molar-refractivity contribution is -0.139. The fourth-order valence-corrected chi connectivity index (χ4v) is 3.63. The van der Waals surface area contributed by atoms with Crippen molar-refractivity contribution < 1.29 is 22.7 Å². The largest absolute Gasteiger partial charge is 0.416 e. The van der Waals surface area contributed by atoms with E-state index in [0.29, 0.717) is 37.6 Å². The van der Waals surface area contributed by atoms with Gasteiger partial charge in [0.1, 0.15) is 12.4 Å². The number of morpholine rings is 1. The Bertz CT molecular complexity index is 1060. The molecule has 0 aliphatic carbocycles. The average Bonchev–Trinajstić information content (AvgIpc) is 3.31. The minimum atomic E-state index is -4.43. The molecular formula is C21H21F3N6O2. The molecule has 0 N–H and O–H groups in total. The first-order chi connectivity index (χ1) is 15.4. The van der Waals surface area contributed by atoms with Crippen LogP contribution in [0.25, 0.3) is 0 Å². The van der Waals surface area contributed by atoms with E-state index in [0.717, 1.165) is 6.07 Å². The van der Waals surface area contributed by atoms with Gasteiger partial charge in [-0.15, -0.1) is 5.10 Å². The highest BCUT2D eigenvalue weighted by molar-refractivity contribution is 5.76. The zero-order valence-electron chi connectivity index (χ0n) is 17.1. The van der Waals surface area contributed by atoms with Gasteiger partial charge in [0.2, 0.25) is 5.91 Å². The van der Waals surface area contributed by atoms with Crippen LogP contribution in [0.5, 0.6) is 0 Å². The van der Waals surface area contributed by atoms with Gasteiger partial charge in [-0.1, -0.05) is 24.3 Å². The molecule has 3 heterocycles.